The van der Waals surface area contributed by atoms with E-state index in [1.54, 1.807) is 0 Å². The van der Waals surface area contributed by atoms with E-state index in [0.29, 0.717) is 13.1 Å². The Morgan fingerprint density at radius 2 is 1.94 bits per heavy atom. The van der Waals surface area contributed by atoms with Crippen LogP contribution in [0.15, 0.2) is 66.7 Å². The van der Waals surface area contributed by atoms with Crippen molar-refractivity contribution in [2.24, 2.45) is 5.92 Å². The molecule has 0 radical (unpaired) electrons. The van der Waals surface area contributed by atoms with Crippen molar-refractivity contribution in [3.05, 3.63) is 77.9 Å². The quantitative estimate of drug-likeness (QED) is 0.485. The molecule has 1 aliphatic rings. The lowest BCUT2D eigenvalue weighted by Gasteiger charge is -2.32. The van der Waals surface area contributed by atoms with Gasteiger partial charge in [0, 0.05) is 31.7 Å². The molecule has 178 valence electrons. The third-order valence-electron chi connectivity index (χ3n) is 6.39. The Bertz CT molecular complexity index is 1050. The summed E-state index contributed by atoms with van der Waals surface area (Å²) in [4.78, 5) is 17.3. The fourth-order valence-corrected chi connectivity index (χ4v) is 4.53. The maximum atomic E-state index is 12.8. The Morgan fingerprint density at radius 1 is 1.09 bits per heavy atom. The first-order chi connectivity index (χ1) is 16.6. The number of rotatable bonds is 9. The van der Waals surface area contributed by atoms with Gasteiger partial charge < -0.3 is 15.1 Å². The first-order valence-corrected chi connectivity index (χ1v) is 12.2. The predicted molar refractivity (Wildman–Crippen MR) is 138 cm³/mol. The van der Waals surface area contributed by atoms with Gasteiger partial charge in [-0.05, 0) is 63.5 Å². The molecule has 2 aromatic carbocycles. The summed E-state index contributed by atoms with van der Waals surface area (Å²) in [5.74, 6) is 0.991. The summed E-state index contributed by atoms with van der Waals surface area (Å²) in [6, 6.07) is 22.8. The second-order valence-corrected chi connectivity index (χ2v) is 9.30. The van der Waals surface area contributed by atoms with Crippen LogP contribution < -0.4 is 10.2 Å². The summed E-state index contributed by atoms with van der Waals surface area (Å²) in [6.07, 6.45) is 2.85. The second-order valence-electron chi connectivity index (χ2n) is 9.30. The number of aromatic nitrogens is 2. The van der Waals surface area contributed by atoms with Crippen LogP contribution in [0, 0.1) is 12.8 Å². The zero-order valence-electron chi connectivity index (χ0n) is 20.3. The third kappa shape index (κ3) is 6.64. The number of amides is 1. The van der Waals surface area contributed by atoms with Crippen molar-refractivity contribution >= 4 is 11.7 Å². The van der Waals surface area contributed by atoms with Gasteiger partial charge in [-0.2, -0.15) is 0 Å². The van der Waals surface area contributed by atoms with Crippen LogP contribution in [0.5, 0.6) is 0 Å². The van der Waals surface area contributed by atoms with Crippen molar-refractivity contribution < 1.29 is 4.79 Å². The first kappa shape index (κ1) is 23.9. The lowest BCUT2D eigenvalue weighted by molar-refractivity contribution is -0.125. The van der Waals surface area contributed by atoms with E-state index < -0.39 is 0 Å². The number of nitrogens with one attached hydrogen (secondary N) is 1. The number of aryl methyl sites for hydroxylation is 1. The predicted octanol–water partition coefficient (Wildman–Crippen LogP) is 4.31. The molecule has 2 heterocycles. The van der Waals surface area contributed by atoms with Crippen LogP contribution in [0.1, 0.15) is 30.4 Å². The highest BCUT2D eigenvalue weighted by molar-refractivity contribution is 5.79. The van der Waals surface area contributed by atoms with Crippen LogP contribution >= 0.6 is 0 Å². The van der Waals surface area contributed by atoms with E-state index >= 15 is 0 Å². The highest BCUT2D eigenvalue weighted by atomic mass is 16.1. The van der Waals surface area contributed by atoms with E-state index in [4.69, 9.17) is 0 Å². The van der Waals surface area contributed by atoms with Gasteiger partial charge in [-0.3, -0.25) is 4.79 Å². The van der Waals surface area contributed by atoms with E-state index in [-0.39, 0.29) is 11.8 Å². The number of nitrogens with zero attached hydrogens (tertiary/aromatic N) is 4. The van der Waals surface area contributed by atoms with Crippen LogP contribution in [0.2, 0.25) is 0 Å². The molecule has 0 unspecified atom stereocenters. The van der Waals surface area contributed by atoms with Crippen LogP contribution in [0.25, 0.3) is 11.3 Å². The molecule has 0 aliphatic carbocycles. The normalized spacial score (nSPS) is 16.0. The first-order valence-electron chi connectivity index (χ1n) is 12.2. The molecular formula is C28H35N5O. The minimum Gasteiger partial charge on any atom is -0.356 e. The molecule has 1 fully saturated rings. The molecule has 6 heteroatoms. The maximum Gasteiger partial charge on any atom is 0.224 e. The zero-order valence-corrected chi connectivity index (χ0v) is 20.3. The Hall–Kier alpha value is -3.25. The summed E-state index contributed by atoms with van der Waals surface area (Å²) in [5, 5.41) is 12.1. The van der Waals surface area contributed by atoms with Gasteiger partial charge in [-0.1, -0.05) is 54.1 Å². The lowest BCUT2D eigenvalue weighted by Crippen LogP contribution is -2.43. The molecule has 34 heavy (non-hydrogen) atoms. The zero-order chi connectivity index (χ0) is 23.8. The molecule has 4 rings (SSSR count). The Morgan fingerprint density at radius 3 is 2.71 bits per heavy atom. The summed E-state index contributed by atoms with van der Waals surface area (Å²) >= 11 is 0. The molecule has 1 atom stereocenters. The van der Waals surface area contributed by atoms with Gasteiger partial charge in [0.2, 0.25) is 5.91 Å². The number of carbonyl (C=O) groups is 1. The van der Waals surface area contributed by atoms with Crippen LogP contribution in [-0.4, -0.2) is 54.2 Å². The summed E-state index contributed by atoms with van der Waals surface area (Å²) in [6.45, 7) is 6.27. The molecule has 0 bridgehead atoms. The number of piperidine rings is 1. The molecule has 3 aromatic rings. The van der Waals surface area contributed by atoms with Crippen molar-refractivity contribution in [2.75, 3.05) is 38.1 Å². The van der Waals surface area contributed by atoms with E-state index in [9.17, 15) is 4.79 Å². The topological polar surface area (TPSA) is 61.4 Å². The Kier molecular flexibility index (Phi) is 8.26. The molecular weight excluding hydrogens is 422 g/mol. The average Bonchev–Trinajstić information content (AvgIpc) is 2.87. The standard InChI is InChI=1S/C28H35N5O/c1-22-9-6-12-24(19-22)26-14-15-27(31-30-26)33-18-7-13-25(21-33)28(34)29-16-8-17-32(2)20-23-10-4-3-5-11-23/h3-6,9-12,14-15,19,25H,7-8,13,16-18,20-21H2,1-2H3,(H,29,34)/t25-/m0/s1. The van der Waals surface area contributed by atoms with Gasteiger partial charge in [0.15, 0.2) is 5.82 Å². The van der Waals surface area contributed by atoms with Gasteiger partial charge in [-0.15, -0.1) is 10.2 Å². The van der Waals surface area contributed by atoms with Gasteiger partial charge in [-0.25, -0.2) is 0 Å². The van der Waals surface area contributed by atoms with E-state index in [0.717, 1.165) is 56.0 Å². The van der Waals surface area contributed by atoms with Gasteiger partial charge in [0.1, 0.15) is 0 Å². The number of anilines is 1. The molecule has 1 amide bonds. The van der Waals surface area contributed by atoms with E-state index in [1.807, 2.05) is 24.3 Å². The number of carbonyl (C=O) groups excluding carboxylic acids is 1. The molecule has 0 spiro atoms. The SMILES string of the molecule is Cc1cccc(-c2ccc(N3CCC[C@H](C(=O)NCCCN(C)Cc4ccccc4)C3)nn2)c1. The fraction of sp³-hybridized carbons (Fsp3) is 0.393. The smallest absolute Gasteiger partial charge is 0.224 e. The molecule has 1 aliphatic heterocycles. The van der Waals surface area contributed by atoms with E-state index in [1.165, 1.54) is 11.1 Å². The molecule has 1 saturated heterocycles. The molecule has 1 aromatic heterocycles. The number of benzene rings is 2. The lowest BCUT2D eigenvalue weighted by atomic mass is 9.97. The Labute approximate surface area is 203 Å². The maximum absolute atomic E-state index is 12.8. The summed E-state index contributed by atoms with van der Waals surface area (Å²) < 4.78 is 0. The molecule has 6 nitrogen and oxygen atoms in total. The second kappa shape index (κ2) is 11.7. The summed E-state index contributed by atoms with van der Waals surface area (Å²) in [7, 11) is 2.12. The summed E-state index contributed by atoms with van der Waals surface area (Å²) in [5.41, 5.74) is 4.46. The highest BCUT2D eigenvalue weighted by Gasteiger charge is 2.26. The number of hydrogen-bond acceptors (Lipinski definition) is 5. The van der Waals surface area contributed by atoms with Crippen molar-refractivity contribution in [3.8, 4) is 11.3 Å². The van der Waals surface area contributed by atoms with Crippen molar-refractivity contribution in [1.82, 2.24) is 20.4 Å². The molecule has 0 saturated carbocycles. The Balaban J connectivity index is 1.22. The highest BCUT2D eigenvalue weighted by Crippen LogP contribution is 2.24. The minimum atomic E-state index is -0.00551. The average molecular weight is 458 g/mol. The van der Waals surface area contributed by atoms with E-state index in [2.05, 4.69) is 81.7 Å². The van der Waals surface area contributed by atoms with Gasteiger partial charge in [0.05, 0.1) is 11.6 Å². The minimum absolute atomic E-state index is 0.00551. The largest absolute Gasteiger partial charge is 0.356 e. The van der Waals surface area contributed by atoms with Crippen LogP contribution in [-0.2, 0) is 11.3 Å². The molecule has 1 N–H and O–H groups in total. The number of hydrogen-bond donors (Lipinski definition) is 1. The fourth-order valence-electron chi connectivity index (χ4n) is 4.53. The van der Waals surface area contributed by atoms with Gasteiger partial charge >= 0.3 is 0 Å². The third-order valence-corrected chi connectivity index (χ3v) is 6.39. The van der Waals surface area contributed by atoms with Crippen molar-refractivity contribution in [1.29, 1.82) is 0 Å². The van der Waals surface area contributed by atoms with Gasteiger partial charge in [0.25, 0.3) is 0 Å². The van der Waals surface area contributed by atoms with Crippen LogP contribution in [0.4, 0.5) is 5.82 Å². The monoisotopic (exact) mass is 457 g/mol. The van der Waals surface area contributed by atoms with Crippen molar-refractivity contribution in [2.45, 2.75) is 32.7 Å². The van der Waals surface area contributed by atoms with Crippen LogP contribution in [0.3, 0.4) is 0 Å². The van der Waals surface area contributed by atoms with Crippen molar-refractivity contribution in [3.63, 3.8) is 0 Å².